The van der Waals surface area contributed by atoms with Gasteiger partial charge in [0, 0.05) is 23.8 Å². The topological polar surface area (TPSA) is 86.2 Å². The number of rotatable bonds is 7. The van der Waals surface area contributed by atoms with Gasteiger partial charge in [-0.05, 0) is 43.7 Å². The van der Waals surface area contributed by atoms with Crippen molar-refractivity contribution in [3.63, 3.8) is 0 Å². The summed E-state index contributed by atoms with van der Waals surface area (Å²) in [5.41, 5.74) is 2.99. The molecule has 3 rings (SSSR count). The van der Waals surface area contributed by atoms with Gasteiger partial charge in [0.1, 0.15) is 5.75 Å². The fraction of sp³-hybridized carbons (Fsp3) is 0.250. The van der Waals surface area contributed by atoms with Crippen molar-refractivity contribution < 1.29 is 19.1 Å². The minimum absolute atomic E-state index is 0.106. The number of thioether (sulfide) groups is 1. The van der Waals surface area contributed by atoms with Gasteiger partial charge < -0.3 is 14.5 Å². The van der Waals surface area contributed by atoms with Crippen molar-refractivity contribution in [1.29, 1.82) is 0 Å². The Labute approximate surface area is 167 Å². The molecule has 0 radical (unpaired) electrons. The normalized spacial score (nSPS) is 10.7. The molecule has 1 N–H and O–H groups in total. The predicted molar refractivity (Wildman–Crippen MR) is 107 cm³/mol. The average Bonchev–Trinajstić information content (AvgIpc) is 3.29. The van der Waals surface area contributed by atoms with Crippen LogP contribution < -0.4 is 4.74 Å². The van der Waals surface area contributed by atoms with E-state index >= 15 is 0 Å². The van der Waals surface area contributed by atoms with Crippen LogP contribution in [-0.2, 0) is 4.74 Å². The summed E-state index contributed by atoms with van der Waals surface area (Å²) in [6.45, 7) is 3.49. The maximum atomic E-state index is 12.7. The number of nitrogens with zero attached hydrogens (tertiary/aromatic N) is 2. The summed E-state index contributed by atoms with van der Waals surface area (Å²) in [4.78, 5) is 32.0. The van der Waals surface area contributed by atoms with Gasteiger partial charge in [-0.2, -0.15) is 0 Å². The highest BCUT2D eigenvalue weighted by Gasteiger charge is 2.22. The number of Topliss-reactive ketones (excluding diaryl/α,β-unsaturated/α-hetero) is 1. The van der Waals surface area contributed by atoms with E-state index in [1.54, 1.807) is 27.2 Å². The van der Waals surface area contributed by atoms with E-state index in [0.717, 1.165) is 11.4 Å². The van der Waals surface area contributed by atoms with Crippen LogP contribution in [0, 0.1) is 13.8 Å². The number of aromatic nitrogens is 3. The summed E-state index contributed by atoms with van der Waals surface area (Å²) in [7, 11) is 2.94. The molecule has 0 amide bonds. The van der Waals surface area contributed by atoms with Gasteiger partial charge in [0.15, 0.2) is 10.9 Å². The largest absolute Gasteiger partial charge is 0.497 e. The molecule has 2 heterocycles. The Morgan fingerprint density at radius 2 is 1.89 bits per heavy atom. The molecule has 0 aliphatic rings. The monoisotopic (exact) mass is 399 g/mol. The minimum Gasteiger partial charge on any atom is -0.497 e. The second-order valence-corrected chi connectivity index (χ2v) is 7.05. The van der Waals surface area contributed by atoms with Crippen LogP contribution in [0.15, 0.2) is 41.8 Å². The zero-order valence-electron chi connectivity index (χ0n) is 16.1. The van der Waals surface area contributed by atoms with Crippen molar-refractivity contribution in [3.05, 3.63) is 59.2 Å². The first kappa shape index (κ1) is 19.8. The number of imidazole rings is 1. The van der Waals surface area contributed by atoms with Gasteiger partial charge in [-0.25, -0.2) is 9.78 Å². The quantitative estimate of drug-likeness (QED) is 0.371. The summed E-state index contributed by atoms with van der Waals surface area (Å²) in [5, 5.41) is 0.702. The van der Waals surface area contributed by atoms with Crippen LogP contribution >= 0.6 is 11.8 Å². The molecule has 0 saturated heterocycles. The van der Waals surface area contributed by atoms with Gasteiger partial charge in [-0.3, -0.25) is 9.36 Å². The zero-order chi connectivity index (χ0) is 20.3. The molecule has 8 heteroatoms. The maximum absolute atomic E-state index is 12.7. The molecule has 0 unspecified atom stereocenters. The number of benzene rings is 1. The van der Waals surface area contributed by atoms with Gasteiger partial charge in [-0.1, -0.05) is 11.8 Å². The van der Waals surface area contributed by atoms with E-state index in [9.17, 15) is 9.59 Å². The fourth-order valence-corrected chi connectivity index (χ4v) is 3.82. The first-order valence-corrected chi connectivity index (χ1v) is 9.56. The summed E-state index contributed by atoms with van der Waals surface area (Å²) in [6, 6.07) is 7.59. The number of hydrogen-bond acceptors (Lipinski definition) is 6. The molecule has 146 valence electrons. The van der Waals surface area contributed by atoms with Gasteiger partial charge in [0.2, 0.25) is 0 Å². The highest BCUT2D eigenvalue weighted by atomic mass is 32.2. The SMILES string of the molecule is COC(=O)c1c(C)[nH]c(C(=O)CSc2nccn2-c2ccc(OC)cc2)c1C. The molecule has 7 nitrogen and oxygen atoms in total. The Hall–Kier alpha value is -3.00. The van der Waals surface area contributed by atoms with E-state index in [1.807, 2.05) is 35.0 Å². The van der Waals surface area contributed by atoms with Crippen molar-refractivity contribution in [2.75, 3.05) is 20.0 Å². The Kier molecular flexibility index (Phi) is 5.89. The predicted octanol–water partition coefficient (Wildman–Crippen LogP) is 3.59. The number of nitrogens with one attached hydrogen (secondary N) is 1. The number of ketones is 1. The fourth-order valence-electron chi connectivity index (χ4n) is 2.98. The lowest BCUT2D eigenvalue weighted by atomic mass is 10.1. The molecule has 0 bridgehead atoms. The van der Waals surface area contributed by atoms with Gasteiger partial charge >= 0.3 is 5.97 Å². The molecular formula is C20H21N3O4S. The number of aromatic amines is 1. The van der Waals surface area contributed by atoms with Crippen LogP contribution in [0.4, 0.5) is 0 Å². The van der Waals surface area contributed by atoms with E-state index < -0.39 is 5.97 Å². The molecule has 0 spiro atoms. The molecule has 3 aromatic rings. The van der Waals surface area contributed by atoms with Crippen LogP contribution in [-0.4, -0.2) is 46.3 Å². The van der Waals surface area contributed by atoms with E-state index in [2.05, 4.69) is 9.97 Å². The molecule has 28 heavy (non-hydrogen) atoms. The molecule has 0 atom stereocenters. The lowest BCUT2D eigenvalue weighted by Gasteiger charge is -2.08. The second kappa shape index (κ2) is 8.35. The van der Waals surface area contributed by atoms with Crippen LogP contribution in [0.25, 0.3) is 5.69 Å². The second-order valence-electron chi connectivity index (χ2n) is 6.11. The number of carbonyl (C=O) groups is 2. The Morgan fingerprint density at radius 3 is 2.54 bits per heavy atom. The maximum Gasteiger partial charge on any atom is 0.339 e. The highest BCUT2D eigenvalue weighted by molar-refractivity contribution is 7.99. The Morgan fingerprint density at radius 1 is 1.18 bits per heavy atom. The summed E-state index contributed by atoms with van der Waals surface area (Å²) >= 11 is 1.33. The average molecular weight is 399 g/mol. The summed E-state index contributed by atoms with van der Waals surface area (Å²) in [5.74, 6) is 0.402. The third kappa shape index (κ3) is 3.82. The third-order valence-corrected chi connectivity index (χ3v) is 5.36. The van der Waals surface area contributed by atoms with E-state index in [1.165, 1.54) is 18.9 Å². The van der Waals surface area contributed by atoms with Crippen molar-refractivity contribution in [2.24, 2.45) is 0 Å². The van der Waals surface area contributed by atoms with Gasteiger partial charge in [0.05, 0.1) is 31.2 Å². The lowest BCUT2D eigenvalue weighted by Crippen LogP contribution is -2.07. The lowest BCUT2D eigenvalue weighted by molar-refractivity contribution is 0.0599. The van der Waals surface area contributed by atoms with Crippen LogP contribution in [0.1, 0.15) is 32.1 Å². The van der Waals surface area contributed by atoms with Crippen LogP contribution in [0.5, 0.6) is 5.75 Å². The molecule has 0 fully saturated rings. The highest BCUT2D eigenvalue weighted by Crippen LogP contribution is 2.25. The minimum atomic E-state index is -0.451. The van der Waals surface area contributed by atoms with Crippen molar-refractivity contribution in [2.45, 2.75) is 19.0 Å². The standard InChI is InChI=1S/C20H21N3O4S/c1-12-17(19(25)27-4)13(2)22-18(12)16(24)11-28-20-21-9-10-23(20)14-5-7-15(26-3)8-6-14/h5-10,22H,11H2,1-4H3. The number of aryl methyl sites for hydroxylation is 1. The number of ether oxygens (including phenoxy) is 2. The Bertz CT molecular complexity index is 1010. The number of H-pyrrole nitrogens is 1. The number of carbonyl (C=O) groups excluding carboxylic acids is 2. The number of hydrogen-bond donors (Lipinski definition) is 1. The van der Waals surface area contributed by atoms with Crippen LogP contribution in [0.3, 0.4) is 0 Å². The smallest absolute Gasteiger partial charge is 0.339 e. The molecule has 0 saturated carbocycles. The molecule has 0 aliphatic heterocycles. The molecule has 2 aromatic heterocycles. The van der Waals surface area contributed by atoms with Gasteiger partial charge in [0.25, 0.3) is 0 Å². The molecule has 1 aromatic carbocycles. The molecular weight excluding hydrogens is 378 g/mol. The summed E-state index contributed by atoms with van der Waals surface area (Å²) < 4.78 is 11.9. The third-order valence-electron chi connectivity index (χ3n) is 4.40. The Balaban J connectivity index is 1.76. The first-order chi connectivity index (χ1) is 13.5. The first-order valence-electron chi connectivity index (χ1n) is 8.57. The van der Waals surface area contributed by atoms with E-state index in [0.29, 0.717) is 27.7 Å². The summed E-state index contributed by atoms with van der Waals surface area (Å²) in [6.07, 6.45) is 3.53. The molecule has 0 aliphatic carbocycles. The van der Waals surface area contributed by atoms with E-state index in [-0.39, 0.29) is 11.5 Å². The number of esters is 1. The van der Waals surface area contributed by atoms with E-state index in [4.69, 9.17) is 9.47 Å². The van der Waals surface area contributed by atoms with Crippen molar-refractivity contribution in [1.82, 2.24) is 14.5 Å². The van der Waals surface area contributed by atoms with Crippen molar-refractivity contribution >= 4 is 23.5 Å². The van der Waals surface area contributed by atoms with Crippen LogP contribution in [0.2, 0.25) is 0 Å². The van der Waals surface area contributed by atoms with Crippen molar-refractivity contribution in [3.8, 4) is 11.4 Å². The zero-order valence-corrected chi connectivity index (χ0v) is 16.9. The van der Waals surface area contributed by atoms with Gasteiger partial charge in [-0.15, -0.1) is 0 Å². The number of methoxy groups -OCH3 is 2.